The van der Waals surface area contributed by atoms with Crippen LogP contribution < -0.4 is 15.8 Å². The van der Waals surface area contributed by atoms with Gasteiger partial charge in [-0.15, -0.1) is 0 Å². The molecule has 1 aliphatic rings. The van der Waals surface area contributed by atoms with Gasteiger partial charge in [-0.2, -0.15) is 4.98 Å². The van der Waals surface area contributed by atoms with Crippen LogP contribution in [0.3, 0.4) is 0 Å². The summed E-state index contributed by atoms with van der Waals surface area (Å²) in [6, 6.07) is 8.46. The predicted octanol–water partition coefficient (Wildman–Crippen LogP) is 2.87. The summed E-state index contributed by atoms with van der Waals surface area (Å²) in [4.78, 5) is 8.37. The van der Waals surface area contributed by atoms with Gasteiger partial charge in [0.1, 0.15) is 11.6 Å². The Morgan fingerprint density at radius 2 is 2.14 bits per heavy atom. The highest BCUT2D eigenvalue weighted by Gasteiger charge is 2.21. The zero-order valence-corrected chi connectivity index (χ0v) is 12.4. The van der Waals surface area contributed by atoms with Crippen LogP contribution in [-0.4, -0.2) is 17.1 Å². The molecule has 21 heavy (non-hydrogen) atoms. The molecule has 1 unspecified atom stereocenters. The lowest BCUT2D eigenvalue weighted by Gasteiger charge is -2.27. The number of nitrogen functional groups attached to an aromatic ring is 1. The highest BCUT2D eigenvalue weighted by molar-refractivity contribution is 5.46. The predicted molar refractivity (Wildman–Crippen MR) is 83.5 cm³/mol. The Balaban J connectivity index is 1.88. The van der Waals surface area contributed by atoms with Crippen LogP contribution in [0.15, 0.2) is 24.3 Å². The number of anilines is 2. The molecule has 110 valence electrons. The minimum atomic E-state index is 0.258. The Hall–Kier alpha value is -2.30. The van der Waals surface area contributed by atoms with Crippen LogP contribution in [0.25, 0.3) is 0 Å². The molecule has 0 saturated heterocycles. The number of rotatable bonds is 3. The fourth-order valence-electron chi connectivity index (χ4n) is 2.91. The van der Waals surface area contributed by atoms with Crippen molar-refractivity contribution in [1.82, 2.24) is 9.97 Å². The molecule has 0 aliphatic heterocycles. The number of nitrogens with two attached hydrogens (primary N) is 1. The van der Waals surface area contributed by atoms with Crippen molar-refractivity contribution >= 4 is 11.8 Å². The third kappa shape index (κ3) is 2.91. The zero-order valence-electron chi connectivity index (χ0n) is 12.4. The SMILES string of the molecule is COc1ccc2c(c1)CCCC2Nc1cc(C)nc(N)n1. The van der Waals surface area contributed by atoms with E-state index in [0.29, 0.717) is 5.95 Å². The number of hydrogen-bond acceptors (Lipinski definition) is 5. The highest BCUT2D eigenvalue weighted by Crippen LogP contribution is 2.34. The molecule has 0 spiro atoms. The fourth-order valence-corrected chi connectivity index (χ4v) is 2.91. The van der Waals surface area contributed by atoms with Crippen LogP contribution in [0, 0.1) is 6.92 Å². The van der Waals surface area contributed by atoms with Gasteiger partial charge in [0.05, 0.1) is 13.2 Å². The molecular weight excluding hydrogens is 264 g/mol. The van der Waals surface area contributed by atoms with Crippen LogP contribution in [0.1, 0.15) is 35.7 Å². The normalized spacial score (nSPS) is 17.1. The van der Waals surface area contributed by atoms with Gasteiger partial charge in [0.15, 0.2) is 0 Å². The maximum Gasteiger partial charge on any atom is 0.222 e. The topological polar surface area (TPSA) is 73.1 Å². The van der Waals surface area contributed by atoms with Crippen molar-refractivity contribution < 1.29 is 4.74 Å². The van der Waals surface area contributed by atoms with Crippen molar-refractivity contribution in [1.29, 1.82) is 0 Å². The second-order valence-corrected chi connectivity index (χ2v) is 5.41. The third-order valence-electron chi connectivity index (χ3n) is 3.86. The molecule has 1 aromatic heterocycles. The van der Waals surface area contributed by atoms with E-state index in [4.69, 9.17) is 10.5 Å². The molecule has 0 bridgehead atoms. The number of fused-ring (bicyclic) bond motifs is 1. The maximum absolute atomic E-state index is 5.72. The number of aryl methyl sites for hydroxylation is 2. The number of nitrogens with zero attached hydrogens (tertiary/aromatic N) is 2. The number of ether oxygens (including phenoxy) is 1. The van der Waals surface area contributed by atoms with E-state index < -0.39 is 0 Å². The lowest BCUT2D eigenvalue weighted by molar-refractivity contribution is 0.413. The first kappa shape index (κ1) is 13.7. The van der Waals surface area contributed by atoms with E-state index >= 15 is 0 Å². The first-order chi connectivity index (χ1) is 10.2. The van der Waals surface area contributed by atoms with Gasteiger partial charge in [0, 0.05) is 11.8 Å². The van der Waals surface area contributed by atoms with Gasteiger partial charge in [-0.25, -0.2) is 4.98 Å². The standard InChI is InChI=1S/C16H20N4O/c1-10-8-15(20-16(17)18-10)19-14-5-3-4-11-9-12(21-2)6-7-13(11)14/h6-9,14H,3-5H2,1-2H3,(H3,17,18,19,20). The number of hydrogen-bond donors (Lipinski definition) is 2. The first-order valence-electron chi connectivity index (χ1n) is 7.20. The Bertz CT molecular complexity index is 636. The molecule has 3 rings (SSSR count). The van der Waals surface area contributed by atoms with Gasteiger partial charge in [-0.3, -0.25) is 0 Å². The minimum Gasteiger partial charge on any atom is -0.497 e. The number of nitrogens with one attached hydrogen (secondary N) is 1. The minimum absolute atomic E-state index is 0.258. The molecule has 1 atom stereocenters. The molecule has 2 aromatic rings. The summed E-state index contributed by atoms with van der Waals surface area (Å²) < 4.78 is 5.31. The van der Waals surface area contributed by atoms with Crippen molar-refractivity contribution in [3.8, 4) is 5.75 Å². The molecule has 0 fully saturated rings. The molecule has 5 heteroatoms. The summed E-state index contributed by atoms with van der Waals surface area (Å²) >= 11 is 0. The highest BCUT2D eigenvalue weighted by atomic mass is 16.5. The van der Waals surface area contributed by atoms with Crippen molar-refractivity contribution in [3.63, 3.8) is 0 Å². The van der Waals surface area contributed by atoms with Crippen molar-refractivity contribution in [2.45, 2.75) is 32.2 Å². The quantitative estimate of drug-likeness (QED) is 0.906. The lowest BCUT2D eigenvalue weighted by atomic mass is 9.87. The summed E-state index contributed by atoms with van der Waals surface area (Å²) in [5.41, 5.74) is 9.25. The van der Waals surface area contributed by atoms with Crippen LogP contribution >= 0.6 is 0 Å². The van der Waals surface area contributed by atoms with Crippen molar-refractivity contribution in [2.24, 2.45) is 0 Å². The molecule has 1 aliphatic carbocycles. The van der Waals surface area contributed by atoms with E-state index in [2.05, 4.69) is 27.4 Å². The summed E-state index contributed by atoms with van der Waals surface area (Å²) in [6.07, 6.45) is 3.33. The fraction of sp³-hybridized carbons (Fsp3) is 0.375. The molecule has 5 nitrogen and oxygen atoms in total. The van der Waals surface area contributed by atoms with Crippen molar-refractivity contribution in [3.05, 3.63) is 41.1 Å². The van der Waals surface area contributed by atoms with Gasteiger partial charge >= 0.3 is 0 Å². The molecule has 3 N–H and O–H groups in total. The molecule has 0 amide bonds. The van der Waals surface area contributed by atoms with Crippen LogP contribution in [0.5, 0.6) is 5.75 Å². The van der Waals surface area contributed by atoms with Crippen LogP contribution in [0.4, 0.5) is 11.8 Å². The van der Waals surface area contributed by atoms with Gasteiger partial charge < -0.3 is 15.8 Å². The average Bonchev–Trinajstić information content (AvgIpc) is 2.46. The molecule has 0 radical (unpaired) electrons. The largest absolute Gasteiger partial charge is 0.497 e. The number of methoxy groups -OCH3 is 1. The number of aromatic nitrogens is 2. The Labute approximate surface area is 124 Å². The summed E-state index contributed by atoms with van der Waals surface area (Å²) in [6.45, 7) is 1.92. The van der Waals surface area contributed by atoms with E-state index in [-0.39, 0.29) is 6.04 Å². The Kier molecular flexibility index (Phi) is 3.64. The summed E-state index contributed by atoms with van der Waals surface area (Å²) in [5, 5.41) is 3.48. The second kappa shape index (κ2) is 5.60. The average molecular weight is 284 g/mol. The van der Waals surface area contributed by atoms with Gasteiger partial charge in [0.25, 0.3) is 0 Å². The van der Waals surface area contributed by atoms with Crippen molar-refractivity contribution in [2.75, 3.05) is 18.2 Å². The molecule has 1 aromatic carbocycles. The van der Waals surface area contributed by atoms with E-state index in [1.165, 1.54) is 11.1 Å². The summed E-state index contributed by atoms with van der Waals surface area (Å²) in [5.74, 6) is 2.01. The van der Waals surface area contributed by atoms with Crippen LogP contribution in [0.2, 0.25) is 0 Å². The molecule has 1 heterocycles. The van der Waals surface area contributed by atoms with E-state index in [9.17, 15) is 0 Å². The molecule has 0 saturated carbocycles. The third-order valence-corrected chi connectivity index (χ3v) is 3.86. The summed E-state index contributed by atoms with van der Waals surface area (Å²) in [7, 11) is 1.70. The smallest absolute Gasteiger partial charge is 0.222 e. The Morgan fingerprint density at radius 1 is 1.29 bits per heavy atom. The van der Waals surface area contributed by atoms with Gasteiger partial charge in [-0.05, 0) is 49.4 Å². The zero-order chi connectivity index (χ0) is 14.8. The monoisotopic (exact) mass is 284 g/mol. The van der Waals surface area contributed by atoms with Gasteiger partial charge in [-0.1, -0.05) is 6.07 Å². The number of benzene rings is 1. The first-order valence-corrected chi connectivity index (χ1v) is 7.20. The van der Waals surface area contributed by atoms with E-state index in [0.717, 1.165) is 36.5 Å². The van der Waals surface area contributed by atoms with E-state index in [1.54, 1.807) is 7.11 Å². The molecular formula is C16H20N4O. The van der Waals surface area contributed by atoms with E-state index in [1.807, 2.05) is 19.1 Å². The van der Waals surface area contributed by atoms with Crippen LogP contribution in [-0.2, 0) is 6.42 Å². The second-order valence-electron chi connectivity index (χ2n) is 5.41. The lowest BCUT2D eigenvalue weighted by Crippen LogP contribution is -2.18. The maximum atomic E-state index is 5.72. The Morgan fingerprint density at radius 3 is 2.90 bits per heavy atom. The van der Waals surface area contributed by atoms with Gasteiger partial charge in [0.2, 0.25) is 5.95 Å².